The number of halogens is 3. The van der Waals surface area contributed by atoms with E-state index >= 15 is 0 Å². The van der Waals surface area contributed by atoms with Gasteiger partial charge in [0.05, 0.1) is 5.56 Å². The van der Waals surface area contributed by atoms with Crippen LogP contribution in [-0.4, -0.2) is 29.6 Å². The van der Waals surface area contributed by atoms with E-state index < -0.39 is 29.6 Å². The third kappa shape index (κ3) is 5.52. The fourth-order valence-corrected chi connectivity index (χ4v) is 2.06. The summed E-state index contributed by atoms with van der Waals surface area (Å²) in [7, 11) is 0. The lowest BCUT2D eigenvalue weighted by atomic mass is 10.0. The smallest absolute Gasteiger partial charge is 0.396 e. The van der Waals surface area contributed by atoms with E-state index in [2.05, 4.69) is 10.6 Å². The van der Waals surface area contributed by atoms with Crippen molar-refractivity contribution in [3.05, 3.63) is 29.3 Å². The standard InChI is InChI=1S/C16H21F3N2O3/c1-9(2)12(6-7-22)20-14(23)15(24)21-13-8-11(16(17,18)19)5-4-10(13)3/h4-5,8-9,12,22H,6-7H2,1-3H3,(H,20,23)(H,21,24). The van der Waals surface area contributed by atoms with Gasteiger partial charge in [0.15, 0.2) is 0 Å². The van der Waals surface area contributed by atoms with Gasteiger partial charge in [-0.05, 0) is 37.0 Å². The Bertz CT molecular complexity index is 601. The van der Waals surface area contributed by atoms with E-state index in [0.717, 1.165) is 12.1 Å². The van der Waals surface area contributed by atoms with Crippen molar-refractivity contribution in [1.82, 2.24) is 5.32 Å². The van der Waals surface area contributed by atoms with Crippen molar-refractivity contribution in [3.8, 4) is 0 Å². The average Bonchev–Trinajstić information content (AvgIpc) is 2.47. The van der Waals surface area contributed by atoms with Gasteiger partial charge in [-0.2, -0.15) is 13.2 Å². The van der Waals surface area contributed by atoms with Crippen LogP contribution in [0.25, 0.3) is 0 Å². The summed E-state index contributed by atoms with van der Waals surface area (Å²) in [6.45, 7) is 5.00. The van der Waals surface area contributed by atoms with Gasteiger partial charge in [0.25, 0.3) is 0 Å². The molecule has 0 saturated carbocycles. The Hall–Kier alpha value is -2.09. The van der Waals surface area contributed by atoms with Gasteiger partial charge in [0.1, 0.15) is 0 Å². The first kappa shape index (κ1) is 20.0. The Morgan fingerprint density at radius 1 is 1.21 bits per heavy atom. The molecule has 0 aliphatic heterocycles. The van der Waals surface area contributed by atoms with Crippen LogP contribution in [0, 0.1) is 12.8 Å². The molecule has 0 aliphatic carbocycles. The number of amides is 2. The number of nitrogens with one attached hydrogen (secondary N) is 2. The summed E-state index contributed by atoms with van der Waals surface area (Å²) in [5.41, 5.74) is -0.586. The number of alkyl halides is 3. The quantitative estimate of drug-likeness (QED) is 0.717. The highest BCUT2D eigenvalue weighted by Gasteiger charge is 2.31. The van der Waals surface area contributed by atoms with Crippen LogP contribution in [0.1, 0.15) is 31.4 Å². The molecular weight excluding hydrogens is 325 g/mol. The maximum absolute atomic E-state index is 12.7. The lowest BCUT2D eigenvalue weighted by Gasteiger charge is -2.21. The van der Waals surface area contributed by atoms with Crippen LogP contribution in [0.3, 0.4) is 0 Å². The SMILES string of the molecule is Cc1ccc(C(F)(F)F)cc1NC(=O)C(=O)NC(CCO)C(C)C. The van der Waals surface area contributed by atoms with E-state index in [4.69, 9.17) is 5.11 Å². The molecule has 24 heavy (non-hydrogen) atoms. The number of carbonyl (C=O) groups excluding carboxylic acids is 2. The zero-order valence-electron chi connectivity index (χ0n) is 13.7. The lowest BCUT2D eigenvalue weighted by molar-refractivity contribution is -0.137. The molecule has 0 aromatic heterocycles. The van der Waals surface area contributed by atoms with E-state index in [1.807, 2.05) is 13.8 Å². The Morgan fingerprint density at radius 2 is 1.83 bits per heavy atom. The highest BCUT2D eigenvalue weighted by atomic mass is 19.4. The summed E-state index contributed by atoms with van der Waals surface area (Å²) in [4.78, 5) is 23.8. The van der Waals surface area contributed by atoms with Gasteiger partial charge in [-0.1, -0.05) is 19.9 Å². The van der Waals surface area contributed by atoms with E-state index in [1.54, 1.807) is 0 Å². The molecule has 8 heteroatoms. The number of hydrogen-bond acceptors (Lipinski definition) is 3. The first-order chi connectivity index (χ1) is 11.1. The van der Waals surface area contributed by atoms with Crippen molar-refractivity contribution < 1.29 is 27.9 Å². The predicted molar refractivity (Wildman–Crippen MR) is 83.3 cm³/mol. The van der Waals surface area contributed by atoms with Crippen molar-refractivity contribution >= 4 is 17.5 Å². The number of aliphatic hydroxyl groups excluding tert-OH is 1. The van der Waals surface area contributed by atoms with E-state index in [-0.39, 0.29) is 24.6 Å². The van der Waals surface area contributed by atoms with Crippen LogP contribution in [0.2, 0.25) is 0 Å². The highest BCUT2D eigenvalue weighted by Crippen LogP contribution is 2.32. The van der Waals surface area contributed by atoms with E-state index in [0.29, 0.717) is 5.56 Å². The average molecular weight is 346 g/mol. The third-order valence-electron chi connectivity index (χ3n) is 3.58. The first-order valence-corrected chi connectivity index (χ1v) is 7.46. The summed E-state index contributed by atoms with van der Waals surface area (Å²) < 4.78 is 38.2. The molecule has 0 aliphatic rings. The molecule has 1 unspecified atom stereocenters. The van der Waals surface area contributed by atoms with E-state index in [9.17, 15) is 22.8 Å². The van der Waals surface area contributed by atoms with Crippen molar-refractivity contribution in [2.24, 2.45) is 5.92 Å². The number of hydrogen-bond donors (Lipinski definition) is 3. The van der Waals surface area contributed by atoms with Crippen LogP contribution >= 0.6 is 0 Å². The number of carbonyl (C=O) groups is 2. The van der Waals surface area contributed by atoms with Crippen LogP contribution in [0.5, 0.6) is 0 Å². The zero-order valence-corrected chi connectivity index (χ0v) is 13.7. The monoisotopic (exact) mass is 346 g/mol. The molecule has 0 bridgehead atoms. The van der Waals surface area contributed by atoms with Crippen molar-refractivity contribution in [1.29, 1.82) is 0 Å². The molecule has 5 nitrogen and oxygen atoms in total. The summed E-state index contributed by atoms with van der Waals surface area (Å²) in [5, 5.41) is 13.6. The number of rotatable bonds is 5. The fraction of sp³-hybridized carbons (Fsp3) is 0.500. The van der Waals surface area contributed by atoms with Crippen LogP contribution in [-0.2, 0) is 15.8 Å². The van der Waals surface area contributed by atoms with Crippen LogP contribution in [0.4, 0.5) is 18.9 Å². The number of benzene rings is 1. The molecule has 2 amide bonds. The minimum atomic E-state index is -4.54. The van der Waals surface area contributed by atoms with Gasteiger partial charge < -0.3 is 15.7 Å². The maximum atomic E-state index is 12.7. The second kappa shape index (κ2) is 8.14. The van der Waals surface area contributed by atoms with Gasteiger partial charge in [-0.25, -0.2) is 0 Å². The molecule has 1 rings (SSSR count). The van der Waals surface area contributed by atoms with Crippen LogP contribution < -0.4 is 10.6 Å². The van der Waals surface area contributed by atoms with Gasteiger partial charge >= 0.3 is 18.0 Å². The van der Waals surface area contributed by atoms with Gasteiger partial charge in [-0.15, -0.1) is 0 Å². The molecule has 134 valence electrons. The number of anilines is 1. The molecule has 3 N–H and O–H groups in total. The van der Waals surface area contributed by atoms with E-state index in [1.165, 1.54) is 13.0 Å². The lowest BCUT2D eigenvalue weighted by Crippen LogP contribution is -2.44. The summed E-state index contributed by atoms with van der Waals surface area (Å²) in [6, 6.07) is 2.50. The second-order valence-electron chi connectivity index (χ2n) is 5.82. The summed E-state index contributed by atoms with van der Waals surface area (Å²) in [5.74, 6) is -2.02. The Labute approximate surface area is 138 Å². The molecule has 0 heterocycles. The minimum absolute atomic E-state index is 0.0100. The summed E-state index contributed by atoms with van der Waals surface area (Å²) in [6.07, 6.45) is -4.27. The van der Waals surface area contributed by atoms with Gasteiger partial charge in [0, 0.05) is 18.3 Å². The Kier molecular flexibility index (Phi) is 6.77. The third-order valence-corrected chi connectivity index (χ3v) is 3.58. The molecule has 1 aromatic carbocycles. The summed E-state index contributed by atoms with van der Waals surface area (Å²) >= 11 is 0. The van der Waals surface area contributed by atoms with Crippen LogP contribution in [0.15, 0.2) is 18.2 Å². The maximum Gasteiger partial charge on any atom is 0.416 e. The largest absolute Gasteiger partial charge is 0.416 e. The highest BCUT2D eigenvalue weighted by molar-refractivity contribution is 6.39. The number of aliphatic hydroxyl groups is 1. The van der Waals surface area contributed by atoms with Crippen molar-refractivity contribution in [2.75, 3.05) is 11.9 Å². The minimum Gasteiger partial charge on any atom is -0.396 e. The Balaban J connectivity index is 2.85. The van der Waals surface area contributed by atoms with Gasteiger partial charge in [0.2, 0.25) is 0 Å². The molecule has 1 aromatic rings. The van der Waals surface area contributed by atoms with Crippen molar-refractivity contribution in [2.45, 2.75) is 39.4 Å². The fourth-order valence-electron chi connectivity index (χ4n) is 2.06. The molecule has 0 saturated heterocycles. The van der Waals surface area contributed by atoms with Gasteiger partial charge in [-0.3, -0.25) is 9.59 Å². The topological polar surface area (TPSA) is 78.4 Å². The normalized spacial score (nSPS) is 12.8. The zero-order chi connectivity index (χ0) is 18.5. The van der Waals surface area contributed by atoms with Crippen molar-refractivity contribution in [3.63, 3.8) is 0 Å². The molecule has 0 fully saturated rings. The predicted octanol–water partition coefficient (Wildman–Crippen LogP) is 2.48. The molecule has 1 atom stereocenters. The second-order valence-corrected chi connectivity index (χ2v) is 5.82. The molecule has 0 spiro atoms. The molecule has 0 radical (unpaired) electrons. The Morgan fingerprint density at radius 3 is 2.33 bits per heavy atom. The first-order valence-electron chi connectivity index (χ1n) is 7.46. The number of aryl methyl sites for hydroxylation is 1. The molecular formula is C16H21F3N2O3.